The number of aromatic nitrogens is 2. The number of amides is 1. The number of fused-ring (bicyclic) bond motifs is 1. The molecule has 0 spiro atoms. The zero-order valence-corrected chi connectivity index (χ0v) is 21.9. The van der Waals surface area contributed by atoms with Crippen molar-refractivity contribution in [3.63, 3.8) is 0 Å². The fourth-order valence-electron chi connectivity index (χ4n) is 5.27. The van der Waals surface area contributed by atoms with Crippen LogP contribution in [-0.2, 0) is 24.7 Å². The third kappa shape index (κ3) is 5.10. The molecule has 0 radical (unpaired) electrons. The highest BCUT2D eigenvalue weighted by atomic mass is 35.5. The molecule has 1 aromatic heterocycles. The van der Waals surface area contributed by atoms with Gasteiger partial charge in [-0.1, -0.05) is 23.7 Å². The smallest absolute Gasteiger partial charge is 0.335 e. The van der Waals surface area contributed by atoms with Gasteiger partial charge in [0, 0.05) is 54.9 Å². The van der Waals surface area contributed by atoms with Crippen molar-refractivity contribution in [2.24, 2.45) is 13.0 Å². The average Bonchev–Trinajstić information content (AvgIpc) is 3.67. The van der Waals surface area contributed by atoms with Gasteiger partial charge in [0.2, 0.25) is 5.91 Å². The van der Waals surface area contributed by atoms with Crippen molar-refractivity contribution in [1.82, 2.24) is 14.7 Å². The molecule has 3 aromatic rings. The normalized spacial score (nSPS) is 18.1. The highest BCUT2D eigenvalue weighted by molar-refractivity contribution is 6.33. The van der Waals surface area contributed by atoms with Gasteiger partial charge in [-0.15, -0.1) is 0 Å². The monoisotopic (exact) mass is 537 g/mol. The largest absolute Gasteiger partial charge is 0.478 e. The van der Waals surface area contributed by atoms with E-state index in [1.165, 1.54) is 25.0 Å². The Kier molecular flexibility index (Phi) is 7.34. The van der Waals surface area contributed by atoms with Crippen molar-refractivity contribution in [2.45, 2.75) is 44.4 Å². The molecule has 1 saturated carbocycles. The first-order valence-corrected chi connectivity index (χ1v) is 13.3. The van der Waals surface area contributed by atoms with Gasteiger partial charge in [0.25, 0.3) is 0 Å². The van der Waals surface area contributed by atoms with Crippen molar-refractivity contribution < 1.29 is 23.9 Å². The minimum Gasteiger partial charge on any atom is -0.478 e. The van der Waals surface area contributed by atoms with Crippen LogP contribution in [0, 0.1) is 11.7 Å². The number of carboxylic acids is 1. The lowest BCUT2D eigenvalue weighted by molar-refractivity contribution is -0.139. The molecular formula is C29H29ClFN3O4. The Labute approximate surface area is 225 Å². The van der Waals surface area contributed by atoms with E-state index in [4.69, 9.17) is 16.7 Å². The summed E-state index contributed by atoms with van der Waals surface area (Å²) in [6.07, 6.45) is 6.34. The molecule has 3 aliphatic rings. The topological polar surface area (TPSA) is 92.5 Å². The number of likely N-dealkylation sites (tertiary alicyclic amines) is 1. The maximum Gasteiger partial charge on any atom is 0.335 e. The number of carbonyl (C=O) groups excluding carboxylic acids is 2. The van der Waals surface area contributed by atoms with E-state index in [1.54, 1.807) is 10.7 Å². The Morgan fingerprint density at radius 3 is 2.53 bits per heavy atom. The Bertz CT molecular complexity index is 1410. The molecule has 9 heteroatoms. The van der Waals surface area contributed by atoms with Gasteiger partial charge in [-0.05, 0) is 67.9 Å². The summed E-state index contributed by atoms with van der Waals surface area (Å²) in [5, 5.41) is 14.0. The minimum atomic E-state index is -1.16. The van der Waals surface area contributed by atoms with Crippen LogP contribution in [0.25, 0.3) is 11.3 Å². The van der Waals surface area contributed by atoms with Crippen LogP contribution in [0.4, 0.5) is 4.39 Å². The maximum atomic E-state index is 14.5. The van der Waals surface area contributed by atoms with E-state index in [1.807, 2.05) is 24.1 Å². The number of hydrogen-bond acceptors (Lipinski definition) is 4. The van der Waals surface area contributed by atoms with Crippen molar-refractivity contribution >= 4 is 29.8 Å². The molecule has 2 aromatic carbocycles. The molecule has 1 atom stereocenters. The molecule has 1 amide bonds. The molecule has 38 heavy (non-hydrogen) atoms. The third-order valence-electron chi connectivity index (χ3n) is 7.67. The first-order chi connectivity index (χ1) is 18.3. The second-order valence-electron chi connectivity index (χ2n) is 10.2. The van der Waals surface area contributed by atoms with Gasteiger partial charge in [0.15, 0.2) is 6.29 Å². The van der Waals surface area contributed by atoms with Gasteiger partial charge < -0.3 is 10.0 Å². The molecule has 2 fully saturated rings. The van der Waals surface area contributed by atoms with Gasteiger partial charge in [0.05, 0.1) is 16.3 Å². The van der Waals surface area contributed by atoms with E-state index >= 15 is 0 Å². The molecule has 6 rings (SSSR count). The van der Waals surface area contributed by atoms with Crippen LogP contribution < -0.4 is 0 Å². The number of aldehydes is 1. The van der Waals surface area contributed by atoms with Gasteiger partial charge in [-0.25, -0.2) is 9.18 Å². The predicted octanol–water partition coefficient (Wildman–Crippen LogP) is 5.29. The van der Waals surface area contributed by atoms with Crippen LogP contribution in [0.1, 0.15) is 69.1 Å². The number of aryl methyl sites for hydroxylation is 1. The molecule has 2 heterocycles. The summed E-state index contributed by atoms with van der Waals surface area (Å²) in [5.41, 5.74) is 4.50. The van der Waals surface area contributed by atoms with E-state index in [-0.39, 0.29) is 17.4 Å². The van der Waals surface area contributed by atoms with Crippen molar-refractivity contribution in [1.29, 1.82) is 0 Å². The number of hydrogen-bond donors (Lipinski definition) is 1. The zero-order valence-electron chi connectivity index (χ0n) is 21.1. The fraction of sp³-hybridized carbons (Fsp3) is 0.379. The van der Waals surface area contributed by atoms with Crippen LogP contribution in [0.3, 0.4) is 0 Å². The van der Waals surface area contributed by atoms with Gasteiger partial charge in [-0.2, -0.15) is 5.10 Å². The quantitative estimate of drug-likeness (QED) is 0.446. The van der Waals surface area contributed by atoms with E-state index in [9.17, 15) is 18.8 Å². The number of halogens is 2. The second kappa shape index (κ2) is 10.7. The summed E-state index contributed by atoms with van der Waals surface area (Å²) >= 11 is 5.87. The summed E-state index contributed by atoms with van der Waals surface area (Å²) in [6, 6.07) is 9.55. The summed E-state index contributed by atoms with van der Waals surface area (Å²) in [6.45, 7) is 1.69. The third-order valence-corrected chi connectivity index (χ3v) is 8.00. The van der Waals surface area contributed by atoms with Gasteiger partial charge in [0.1, 0.15) is 5.82 Å². The van der Waals surface area contributed by atoms with Crippen LogP contribution in [-0.4, -0.2) is 51.0 Å². The SMILES string of the molecule is Cn1nc(-c2ccc(C(=O)O)cc2F)c2c1CC(C(=O)N1CCC1)CC2.O=Cc1c(Cl)cccc1C1CC1. The molecular weight excluding hydrogens is 509 g/mol. The van der Waals surface area contributed by atoms with Crippen LogP contribution in [0.15, 0.2) is 36.4 Å². The minimum absolute atomic E-state index is 0.0368. The molecule has 1 aliphatic heterocycles. The molecule has 1 unspecified atom stereocenters. The molecule has 2 aliphatic carbocycles. The molecule has 198 valence electrons. The van der Waals surface area contributed by atoms with Crippen LogP contribution in [0.2, 0.25) is 5.02 Å². The Balaban J connectivity index is 0.000000204. The van der Waals surface area contributed by atoms with Crippen molar-refractivity contribution in [3.05, 3.63) is 75.2 Å². The number of aromatic carboxylic acids is 1. The lowest BCUT2D eigenvalue weighted by atomic mass is 9.84. The Hall–Kier alpha value is -3.52. The maximum absolute atomic E-state index is 14.5. The number of carboxylic acid groups (broad SMARTS) is 1. The van der Waals surface area contributed by atoms with E-state index in [2.05, 4.69) is 5.10 Å². The van der Waals surface area contributed by atoms with Crippen molar-refractivity contribution in [3.8, 4) is 11.3 Å². The standard InChI is InChI=1S/C19H20FN3O3.C10H9ClO/c1-22-16-10-11(18(24)23-7-2-8-23)3-6-14(16)17(21-22)13-5-4-12(19(25)26)9-15(13)20;11-10-3-1-2-8(7-4-5-7)9(10)6-12/h4-5,9,11H,2-3,6-8,10H2,1H3,(H,25,26);1-3,6-7H,4-5H2. The number of nitrogens with zero attached hydrogens (tertiary/aromatic N) is 3. The summed E-state index contributed by atoms with van der Waals surface area (Å²) in [4.78, 5) is 36.1. The molecule has 1 saturated heterocycles. The summed E-state index contributed by atoms with van der Waals surface area (Å²) < 4.78 is 16.2. The van der Waals surface area contributed by atoms with E-state index in [0.29, 0.717) is 40.6 Å². The van der Waals surface area contributed by atoms with Gasteiger partial charge >= 0.3 is 5.97 Å². The first-order valence-electron chi connectivity index (χ1n) is 12.9. The van der Waals surface area contributed by atoms with Gasteiger partial charge in [-0.3, -0.25) is 14.3 Å². The van der Waals surface area contributed by atoms with Crippen LogP contribution >= 0.6 is 11.6 Å². The van der Waals surface area contributed by atoms with E-state index < -0.39 is 11.8 Å². The average molecular weight is 538 g/mol. The first kappa shape index (κ1) is 26.1. The second-order valence-corrected chi connectivity index (χ2v) is 10.6. The van der Waals surface area contributed by atoms with Crippen molar-refractivity contribution in [2.75, 3.05) is 13.1 Å². The van der Waals surface area contributed by atoms with E-state index in [0.717, 1.165) is 55.1 Å². The molecule has 0 bridgehead atoms. The highest BCUT2D eigenvalue weighted by Crippen LogP contribution is 2.42. The lowest BCUT2D eigenvalue weighted by Gasteiger charge is -2.35. The number of benzene rings is 2. The molecule has 7 nitrogen and oxygen atoms in total. The molecule has 1 N–H and O–H groups in total. The summed E-state index contributed by atoms with van der Waals surface area (Å²) in [5.74, 6) is -0.994. The fourth-order valence-corrected chi connectivity index (χ4v) is 5.49. The lowest BCUT2D eigenvalue weighted by Crippen LogP contribution is -2.46. The highest BCUT2D eigenvalue weighted by Gasteiger charge is 2.34. The number of carbonyl (C=O) groups is 3. The number of rotatable bonds is 5. The summed E-state index contributed by atoms with van der Waals surface area (Å²) in [7, 11) is 1.81. The predicted molar refractivity (Wildman–Crippen MR) is 141 cm³/mol. The Morgan fingerprint density at radius 1 is 1.16 bits per heavy atom. The Morgan fingerprint density at radius 2 is 1.92 bits per heavy atom. The zero-order chi connectivity index (χ0) is 27.0. The van der Waals surface area contributed by atoms with Crippen LogP contribution in [0.5, 0.6) is 0 Å².